The van der Waals surface area contributed by atoms with Gasteiger partial charge < -0.3 is 5.32 Å². The number of benzene rings is 1. The Morgan fingerprint density at radius 2 is 2.17 bits per heavy atom. The molecule has 1 amide bonds. The van der Waals surface area contributed by atoms with Gasteiger partial charge in [-0.25, -0.2) is 4.98 Å². The number of carbonyl (C=O) groups is 1. The summed E-state index contributed by atoms with van der Waals surface area (Å²) in [4.78, 5) is 19.6. The SMILES string of the molecule is Cc1ccc(NC(=O)CSc2nnc3c4c5c(sc4ncn23)C[C@@H](C)CC5)cc1C. The van der Waals surface area contributed by atoms with Crippen LogP contribution in [0.3, 0.4) is 0 Å². The third kappa shape index (κ3) is 3.48. The van der Waals surface area contributed by atoms with E-state index in [4.69, 9.17) is 0 Å². The minimum absolute atomic E-state index is 0.0593. The number of amides is 1. The summed E-state index contributed by atoms with van der Waals surface area (Å²) in [5.41, 5.74) is 5.43. The minimum Gasteiger partial charge on any atom is -0.325 e. The van der Waals surface area contributed by atoms with Crippen LogP contribution in [0.4, 0.5) is 5.69 Å². The lowest BCUT2D eigenvalue weighted by atomic mass is 9.89. The van der Waals surface area contributed by atoms with E-state index in [9.17, 15) is 4.79 Å². The summed E-state index contributed by atoms with van der Waals surface area (Å²) in [6.45, 7) is 6.41. The molecule has 0 radical (unpaired) electrons. The second kappa shape index (κ2) is 7.67. The number of anilines is 1. The van der Waals surface area contributed by atoms with Gasteiger partial charge in [-0.2, -0.15) is 0 Å². The molecule has 5 rings (SSSR count). The monoisotopic (exact) mass is 437 g/mol. The van der Waals surface area contributed by atoms with E-state index in [1.54, 1.807) is 17.7 Å². The molecule has 8 heteroatoms. The Balaban J connectivity index is 1.37. The molecular weight excluding hydrogens is 414 g/mol. The van der Waals surface area contributed by atoms with Gasteiger partial charge in [0.2, 0.25) is 5.91 Å². The Bertz CT molecular complexity index is 1280. The molecule has 3 heterocycles. The largest absolute Gasteiger partial charge is 0.325 e. The molecule has 1 aliphatic rings. The van der Waals surface area contributed by atoms with E-state index in [-0.39, 0.29) is 11.7 Å². The number of aryl methyl sites for hydroxylation is 3. The van der Waals surface area contributed by atoms with Gasteiger partial charge in [0, 0.05) is 10.6 Å². The van der Waals surface area contributed by atoms with Crippen LogP contribution in [0.25, 0.3) is 15.9 Å². The number of thioether (sulfide) groups is 1. The van der Waals surface area contributed by atoms with Crippen LogP contribution in [0.1, 0.15) is 34.9 Å². The average molecular weight is 438 g/mol. The van der Waals surface area contributed by atoms with Crippen LogP contribution in [0, 0.1) is 19.8 Å². The van der Waals surface area contributed by atoms with Gasteiger partial charge >= 0.3 is 0 Å². The predicted octanol–water partition coefficient (Wildman–Crippen LogP) is 4.81. The van der Waals surface area contributed by atoms with Gasteiger partial charge in [-0.05, 0) is 67.9 Å². The zero-order valence-corrected chi connectivity index (χ0v) is 18.9. The highest BCUT2D eigenvalue weighted by Gasteiger charge is 2.24. The molecule has 1 aromatic carbocycles. The fourth-order valence-corrected chi connectivity index (χ4v) is 6.01. The average Bonchev–Trinajstić information content (AvgIpc) is 3.29. The Morgan fingerprint density at radius 1 is 1.30 bits per heavy atom. The lowest BCUT2D eigenvalue weighted by Gasteiger charge is -2.17. The maximum Gasteiger partial charge on any atom is 0.234 e. The van der Waals surface area contributed by atoms with Crippen LogP contribution in [0.5, 0.6) is 0 Å². The number of hydrogen-bond acceptors (Lipinski definition) is 6. The van der Waals surface area contributed by atoms with Crippen LogP contribution >= 0.6 is 23.1 Å². The van der Waals surface area contributed by atoms with Crippen LogP contribution < -0.4 is 5.32 Å². The van der Waals surface area contributed by atoms with Gasteiger partial charge in [0.1, 0.15) is 11.2 Å². The molecule has 0 fully saturated rings. The molecule has 154 valence electrons. The molecular formula is C22H23N5OS2. The number of thiophene rings is 1. The molecule has 30 heavy (non-hydrogen) atoms. The van der Waals surface area contributed by atoms with Crippen molar-refractivity contribution in [2.24, 2.45) is 5.92 Å². The summed E-state index contributed by atoms with van der Waals surface area (Å²) in [5.74, 6) is 0.933. The molecule has 0 aliphatic heterocycles. The summed E-state index contributed by atoms with van der Waals surface area (Å²) in [7, 11) is 0. The topological polar surface area (TPSA) is 72.2 Å². The van der Waals surface area contributed by atoms with E-state index in [1.165, 1.54) is 34.2 Å². The highest BCUT2D eigenvalue weighted by Crippen LogP contribution is 2.39. The van der Waals surface area contributed by atoms with E-state index in [1.807, 2.05) is 29.5 Å². The van der Waals surface area contributed by atoms with E-state index in [0.29, 0.717) is 5.16 Å². The van der Waals surface area contributed by atoms with E-state index in [0.717, 1.165) is 45.9 Å². The Hall–Kier alpha value is -2.45. The molecule has 0 bridgehead atoms. The zero-order valence-electron chi connectivity index (χ0n) is 17.2. The third-order valence-electron chi connectivity index (χ3n) is 5.79. The van der Waals surface area contributed by atoms with E-state index >= 15 is 0 Å². The second-order valence-corrected chi connectivity index (χ2v) is 10.1. The van der Waals surface area contributed by atoms with E-state index in [2.05, 4.69) is 34.3 Å². The Morgan fingerprint density at radius 3 is 3.00 bits per heavy atom. The molecule has 6 nitrogen and oxygen atoms in total. The molecule has 0 unspecified atom stereocenters. The lowest BCUT2D eigenvalue weighted by Crippen LogP contribution is -2.14. The first-order valence-corrected chi connectivity index (χ1v) is 11.9. The fraction of sp³-hybridized carbons (Fsp3) is 0.364. The van der Waals surface area contributed by atoms with Crippen molar-refractivity contribution in [1.82, 2.24) is 19.6 Å². The number of rotatable bonds is 4. The van der Waals surface area contributed by atoms with Crippen molar-refractivity contribution in [3.63, 3.8) is 0 Å². The summed E-state index contributed by atoms with van der Waals surface area (Å²) < 4.78 is 1.92. The van der Waals surface area contributed by atoms with Crippen LogP contribution in [-0.2, 0) is 17.6 Å². The smallest absolute Gasteiger partial charge is 0.234 e. The molecule has 1 atom stereocenters. The summed E-state index contributed by atoms with van der Waals surface area (Å²) in [6, 6.07) is 5.94. The van der Waals surface area contributed by atoms with Crippen molar-refractivity contribution < 1.29 is 4.79 Å². The van der Waals surface area contributed by atoms with Gasteiger partial charge in [0.15, 0.2) is 10.8 Å². The van der Waals surface area contributed by atoms with Crippen LogP contribution in [0.2, 0.25) is 0 Å². The van der Waals surface area contributed by atoms with Gasteiger partial charge in [-0.15, -0.1) is 21.5 Å². The molecule has 3 aromatic heterocycles. The normalized spacial score (nSPS) is 16.2. The standard InChI is InChI=1S/C22H23N5OS2/c1-12-4-7-16-17(8-12)30-21-19(16)20-25-26-22(27(20)11-23-21)29-10-18(28)24-15-6-5-13(2)14(3)9-15/h5-6,9,11-12H,4,7-8,10H2,1-3H3,(H,24,28)/t12-/m0/s1. The van der Waals surface area contributed by atoms with E-state index < -0.39 is 0 Å². The molecule has 1 N–H and O–H groups in total. The number of aromatic nitrogens is 4. The number of nitrogens with zero attached hydrogens (tertiary/aromatic N) is 4. The second-order valence-electron chi connectivity index (χ2n) is 8.09. The maximum atomic E-state index is 12.4. The summed E-state index contributed by atoms with van der Waals surface area (Å²) in [6.07, 6.45) is 5.18. The summed E-state index contributed by atoms with van der Waals surface area (Å²) >= 11 is 3.17. The quantitative estimate of drug-likeness (QED) is 0.464. The van der Waals surface area contributed by atoms with Crippen molar-refractivity contribution in [2.75, 3.05) is 11.1 Å². The van der Waals surface area contributed by atoms with Gasteiger partial charge in [0.05, 0.1) is 11.1 Å². The maximum absolute atomic E-state index is 12.4. The Kier molecular flexibility index (Phi) is 4.99. The van der Waals surface area contributed by atoms with Crippen molar-refractivity contribution in [2.45, 2.75) is 45.2 Å². The number of hydrogen-bond donors (Lipinski definition) is 1. The fourth-order valence-electron chi connectivity index (χ4n) is 3.96. The first-order chi connectivity index (χ1) is 14.5. The molecule has 1 aliphatic carbocycles. The van der Waals surface area contributed by atoms with Crippen molar-refractivity contribution >= 4 is 50.6 Å². The Labute approximate surface area is 183 Å². The summed E-state index contributed by atoms with van der Waals surface area (Å²) in [5, 5.41) is 13.6. The molecule has 0 saturated carbocycles. The van der Waals surface area contributed by atoms with Crippen molar-refractivity contribution in [3.8, 4) is 0 Å². The lowest BCUT2D eigenvalue weighted by molar-refractivity contribution is -0.113. The molecule has 0 spiro atoms. The predicted molar refractivity (Wildman–Crippen MR) is 123 cm³/mol. The highest BCUT2D eigenvalue weighted by atomic mass is 32.2. The van der Waals surface area contributed by atoms with Crippen LogP contribution in [0.15, 0.2) is 29.7 Å². The third-order valence-corrected chi connectivity index (χ3v) is 7.90. The van der Waals surface area contributed by atoms with Crippen molar-refractivity contribution in [3.05, 3.63) is 46.1 Å². The van der Waals surface area contributed by atoms with Crippen molar-refractivity contribution in [1.29, 1.82) is 0 Å². The van der Waals surface area contributed by atoms with Gasteiger partial charge in [-0.1, -0.05) is 24.8 Å². The zero-order chi connectivity index (χ0) is 20.8. The molecule has 0 saturated heterocycles. The van der Waals surface area contributed by atoms with Crippen LogP contribution in [-0.4, -0.2) is 31.2 Å². The number of nitrogens with one attached hydrogen (secondary N) is 1. The first-order valence-electron chi connectivity index (χ1n) is 10.1. The van der Waals surface area contributed by atoms with Gasteiger partial charge in [-0.3, -0.25) is 9.20 Å². The van der Waals surface area contributed by atoms with Gasteiger partial charge in [0.25, 0.3) is 0 Å². The first kappa shape index (κ1) is 19.5. The highest BCUT2D eigenvalue weighted by molar-refractivity contribution is 7.99. The minimum atomic E-state index is -0.0593. The number of carbonyl (C=O) groups excluding carboxylic acids is 1. The number of fused-ring (bicyclic) bond motifs is 5. The molecule has 4 aromatic rings.